The van der Waals surface area contributed by atoms with E-state index in [-0.39, 0.29) is 35.8 Å². The highest BCUT2D eigenvalue weighted by Crippen LogP contribution is 2.38. The molecule has 2 heterocycles. The van der Waals surface area contributed by atoms with E-state index in [1.807, 2.05) is 84.9 Å². The van der Waals surface area contributed by atoms with Gasteiger partial charge in [0.1, 0.15) is 11.7 Å². The molecule has 0 saturated carbocycles. The van der Waals surface area contributed by atoms with E-state index in [4.69, 9.17) is 9.31 Å². The number of nitrogens with one attached hydrogen (secondary N) is 2. The first-order chi connectivity index (χ1) is 20.6. The number of carbonyl (C=O) groups excluding carboxylic acids is 2. The zero-order valence-electron chi connectivity index (χ0n) is 25.4. The quantitative estimate of drug-likeness (QED) is 0.144. The second kappa shape index (κ2) is 13.1. The molecule has 0 bridgehead atoms. The van der Waals surface area contributed by atoms with E-state index >= 15 is 0 Å². The molecule has 0 aliphatic carbocycles. The summed E-state index contributed by atoms with van der Waals surface area (Å²) in [6.07, 6.45) is 3.80. The standard InChI is InChI=1S/C35H40BN3O4/c1-34(2)35(3,4)43-36(42-34)23-12-6-9-20-30(39-33(41)31-22-21-26-16-10-11-19-29(26)38-31)32(40)37-28-18-13-17-27(24-28)25-14-7-5-8-15-25/h5,7-8,10-11,13-19,21-22,24,30H,6,9,12,20,23H2,1-4H3,(H,37,40)(H,39,41). The van der Waals surface area contributed by atoms with E-state index in [0.717, 1.165) is 47.6 Å². The largest absolute Gasteiger partial charge is 0.457 e. The van der Waals surface area contributed by atoms with Gasteiger partial charge in [-0.2, -0.15) is 0 Å². The van der Waals surface area contributed by atoms with Crippen LogP contribution >= 0.6 is 0 Å². The zero-order chi connectivity index (χ0) is 30.5. The van der Waals surface area contributed by atoms with Crippen molar-refractivity contribution in [3.63, 3.8) is 0 Å². The number of hydrogen-bond acceptors (Lipinski definition) is 5. The van der Waals surface area contributed by atoms with Gasteiger partial charge in [0.15, 0.2) is 0 Å². The Bertz CT molecular complexity index is 1560. The Morgan fingerprint density at radius 1 is 0.791 bits per heavy atom. The van der Waals surface area contributed by atoms with Crippen LogP contribution in [0.15, 0.2) is 91.0 Å². The summed E-state index contributed by atoms with van der Waals surface area (Å²) >= 11 is 0. The lowest BCUT2D eigenvalue weighted by Crippen LogP contribution is -2.44. The van der Waals surface area contributed by atoms with Crippen LogP contribution in [0.5, 0.6) is 0 Å². The van der Waals surface area contributed by atoms with Crippen molar-refractivity contribution in [1.82, 2.24) is 10.3 Å². The van der Waals surface area contributed by atoms with E-state index in [2.05, 4.69) is 43.3 Å². The lowest BCUT2D eigenvalue weighted by Gasteiger charge is -2.32. The van der Waals surface area contributed by atoms with Crippen LogP contribution in [0.25, 0.3) is 22.0 Å². The molecule has 1 fully saturated rings. The van der Waals surface area contributed by atoms with Crippen molar-refractivity contribution in [3.8, 4) is 11.1 Å². The van der Waals surface area contributed by atoms with Crippen molar-refractivity contribution in [3.05, 3.63) is 96.7 Å². The lowest BCUT2D eigenvalue weighted by molar-refractivity contribution is -0.118. The van der Waals surface area contributed by atoms with Crippen LogP contribution in [0.4, 0.5) is 5.69 Å². The van der Waals surface area contributed by atoms with Gasteiger partial charge in [-0.15, -0.1) is 0 Å². The third-order valence-electron chi connectivity index (χ3n) is 8.42. The number of carbonyl (C=O) groups is 2. The average Bonchev–Trinajstić information content (AvgIpc) is 3.21. The molecule has 1 aliphatic rings. The third-order valence-corrected chi connectivity index (χ3v) is 8.42. The number of benzene rings is 3. The van der Waals surface area contributed by atoms with Crippen LogP contribution in [0, 0.1) is 0 Å². The van der Waals surface area contributed by atoms with Gasteiger partial charge < -0.3 is 19.9 Å². The molecular weight excluding hydrogens is 537 g/mol. The summed E-state index contributed by atoms with van der Waals surface area (Å²) in [4.78, 5) is 31.4. The summed E-state index contributed by atoms with van der Waals surface area (Å²) in [6.45, 7) is 8.22. The maximum Gasteiger partial charge on any atom is 0.457 e. The molecule has 5 rings (SSSR count). The second-order valence-corrected chi connectivity index (χ2v) is 12.2. The fourth-order valence-corrected chi connectivity index (χ4v) is 5.25. The molecule has 3 aromatic carbocycles. The molecule has 222 valence electrons. The maximum absolute atomic E-state index is 13.6. The van der Waals surface area contributed by atoms with Gasteiger partial charge in [-0.3, -0.25) is 9.59 Å². The summed E-state index contributed by atoms with van der Waals surface area (Å²) in [5.41, 5.74) is 3.06. The molecule has 1 unspecified atom stereocenters. The summed E-state index contributed by atoms with van der Waals surface area (Å²) in [6, 6.07) is 28.2. The van der Waals surface area contributed by atoms with Gasteiger partial charge in [0.2, 0.25) is 5.91 Å². The number of unbranched alkanes of at least 4 members (excludes halogenated alkanes) is 2. The minimum Gasteiger partial charge on any atom is -0.403 e. The van der Waals surface area contributed by atoms with Crippen molar-refractivity contribution in [1.29, 1.82) is 0 Å². The van der Waals surface area contributed by atoms with Gasteiger partial charge in [-0.1, -0.05) is 86.0 Å². The van der Waals surface area contributed by atoms with Crippen molar-refractivity contribution in [2.45, 2.75) is 76.9 Å². The molecule has 4 aromatic rings. The molecule has 2 N–H and O–H groups in total. The van der Waals surface area contributed by atoms with Crippen LogP contribution in [-0.2, 0) is 14.1 Å². The van der Waals surface area contributed by atoms with E-state index < -0.39 is 6.04 Å². The molecule has 0 spiro atoms. The smallest absolute Gasteiger partial charge is 0.403 e. The average molecular weight is 578 g/mol. The fourth-order valence-electron chi connectivity index (χ4n) is 5.25. The number of pyridine rings is 1. The number of amides is 2. The van der Waals surface area contributed by atoms with Crippen molar-refractivity contribution in [2.75, 3.05) is 5.32 Å². The van der Waals surface area contributed by atoms with Crippen LogP contribution in [0.1, 0.15) is 63.9 Å². The summed E-state index contributed by atoms with van der Waals surface area (Å²) in [7, 11) is -0.236. The number of para-hydroxylation sites is 1. The number of rotatable bonds is 11. The van der Waals surface area contributed by atoms with Crippen LogP contribution in [0.2, 0.25) is 6.32 Å². The molecule has 7 nitrogen and oxygen atoms in total. The fraction of sp³-hybridized carbons (Fsp3) is 0.343. The summed E-state index contributed by atoms with van der Waals surface area (Å²) in [5, 5.41) is 6.94. The highest BCUT2D eigenvalue weighted by atomic mass is 16.7. The molecule has 0 radical (unpaired) electrons. The number of fused-ring (bicyclic) bond motifs is 1. The van der Waals surface area contributed by atoms with E-state index in [1.165, 1.54) is 0 Å². The van der Waals surface area contributed by atoms with Crippen molar-refractivity contribution >= 4 is 35.5 Å². The first-order valence-corrected chi connectivity index (χ1v) is 15.1. The maximum atomic E-state index is 13.6. The first-order valence-electron chi connectivity index (χ1n) is 15.1. The SMILES string of the molecule is CC1(C)OB(CCCCCC(NC(=O)c2ccc3ccccc3n2)C(=O)Nc2cccc(-c3ccccc3)c2)OC1(C)C. The third kappa shape index (κ3) is 7.50. The Hall–Kier alpha value is -4.01. The van der Waals surface area contributed by atoms with Gasteiger partial charge in [-0.05, 0) is 75.8 Å². The lowest BCUT2D eigenvalue weighted by atomic mass is 9.82. The Morgan fingerprint density at radius 3 is 2.26 bits per heavy atom. The highest BCUT2D eigenvalue weighted by Gasteiger charge is 2.50. The molecule has 1 atom stereocenters. The number of hydrogen-bond donors (Lipinski definition) is 2. The van der Waals surface area contributed by atoms with Gasteiger partial charge in [0.25, 0.3) is 5.91 Å². The molecule has 1 aliphatic heterocycles. The van der Waals surface area contributed by atoms with E-state index in [0.29, 0.717) is 12.1 Å². The molecule has 1 saturated heterocycles. The predicted molar refractivity (Wildman–Crippen MR) is 173 cm³/mol. The number of nitrogens with zero attached hydrogens (tertiary/aromatic N) is 1. The minimum absolute atomic E-state index is 0.236. The monoisotopic (exact) mass is 577 g/mol. The van der Waals surface area contributed by atoms with Crippen molar-refractivity contribution in [2.24, 2.45) is 0 Å². The molecular formula is C35H40BN3O4. The van der Waals surface area contributed by atoms with E-state index in [1.54, 1.807) is 6.07 Å². The number of aromatic nitrogens is 1. The van der Waals surface area contributed by atoms with Gasteiger partial charge >= 0.3 is 7.12 Å². The Morgan fingerprint density at radius 2 is 1.49 bits per heavy atom. The molecule has 43 heavy (non-hydrogen) atoms. The zero-order valence-corrected chi connectivity index (χ0v) is 25.4. The Balaban J connectivity index is 1.24. The Kier molecular flexibility index (Phi) is 9.28. The predicted octanol–water partition coefficient (Wildman–Crippen LogP) is 7.29. The van der Waals surface area contributed by atoms with Crippen molar-refractivity contribution < 1.29 is 18.9 Å². The van der Waals surface area contributed by atoms with Crippen LogP contribution in [-0.4, -0.2) is 41.2 Å². The molecule has 8 heteroatoms. The normalized spacial score (nSPS) is 16.1. The first kappa shape index (κ1) is 30.5. The molecule has 1 aromatic heterocycles. The van der Waals surface area contributed by atoms with E-state index in [9.17, 15) is 9.59 Å². The van der Waals surface area contributed by atoms with Crippen LogP contribution in [0.3, 0.4) is 0 Å². The Labute approximate surface area is 254 Å². The van der Waals surface area contributed by atoms with Gasteiger partial charge in [-0.25, -0.2) is 4.98 Å². The summed E-state index contributed by atoms with van der Waals surface area (Å²) < 4.78 is 12.2. The van der Waals surface area contributed by atoms with Gasteiger partial charge in [0.05, 0.1) is 16.7 Å². The second-order valence-electron chi connectivity index (χ2n) is 12.2. The number of anilines is 1. The minimum atomic E-state index is -0.724. The highest BCUT2D eigenvalue weighted by molar-refractivity contribution is 6.45. The molecule has 2 amide bonds. The van der Waals surface area contributed by atoms with Crippen LogP contribution < -0.4 is 10.6 Å². The summed E-state index contributed by atoms with van der Waals surface area (Å²) in [5.74, 6) is -0.633. The van der Waals surface area contributed by atoms with Gasteiger partial charge in [0, 0.05) is 11.1 Å². The topological polar surface area (TPSA) is 89.5 Å².